The molecule has 19 heavy (non-hydrogen) atoms. The van der Waals surface area contributed by atoms with Gasteiger partial charge < -0.3 is 14.5 Å². The summed E-state index contributed by atoms with van der Waals surface area (Å²) in [5.74, 6) is -0.582. The van der Waals surface area contributed by atoms with Crippen LogP contribution in [0.15, 0.2) is 10.9 Å². The van der Waals surface area contributed by atoms with Crippen LogP contribution in [-0.2, 0) is 9.47 Å². The Morgan fingerprint density at radius 3 is 2.79 bits per heavy atom. The van der Waals surface area contributed by atoms with Gasteiger partial charge in [-0.1, -0.05) is 0 Å². The van der Waals surface area contributed by atoms with E-state index in [0.717, 1.165) is 18.5 Å². The van der Waals surface area contributed by atoms with Crippen LogP contribution in [0.25, 0.3) is 0 Å². The Labute approximate surface area is 111 Å². The Morgan fingerprint density at radius 1 is 1.47 bits per heavy atom. The number of hydrogen-bond acceptors (Lipinski definition) is 4. The number of aromatic amines is 1. The van der Waals surface area contributed by atoms with Crippen LogP contribution in [0.1, 0.15) is 41.4 Å². The molecule has 2 heterocycles. The van der Waals surface area contributed by atoms with Crippen LogP contribution < -0.4 is 5.56 Å². The zero-order valence-electron chi connectivity index (χ0n) is 11.5. The molecule has 0 aromatic carbocycles. The van der Waals surface area contributed by atoms with Crippen molar-refractivity contribution >= 4 is 5.97 Å². The van der Waals surface area contributed by atoms with Crippen molar-refractivity contribution in [2.45, 2.75) is 45.8 Å². The first-order chi connectivity index (χ1) is 8.97. The summed E-state index contributed by atoms with van der Waals surface area (Å²) >= 11 is 0. The molecular weight excluding hydrogens is 246 g/mol. The lowest BCUT2D eigenvalue weighted by Crippen LogP contribution is -2.25. The van der Waals surface area contributed by atoms with Gasteiger partial charge >= 0.3 is 5.97 Å². The van der Waals surface area contributed by atoms with Crippen LogP contribution in [0, 0.1) is 13.8 Å². The van der Waals surface area contributed by atoms with Crippen molar-refractivity contribution in [1.82, 2.24) is 4.98 Å². The number of carbonyl (C=O) groups is 1. The van der Waals surface area contributed by atoms with Gasteiger partial charge in [0, 0.05) is 5.69 Å². The minimum Gasteiger partial charge on any atom is -0.459 e. The highest BCUT2D eigenvalue weighted by atomic mass is 16.6. The van der Waals surface area contributed by atoms with Gasteiger partial charge in [0.05, 0.1) is 12.2 Å². The molecule has 0 unspecified atom stereocenters. The molecule has 0 saturated carbocycles. The molecule has 1 aliphatic rings. The highest BCUT2D eigenvalue weighted by Gasteiger charge is 2.24. The predicted octanol–water partition coefficient (Wildman–Crippen LogP) is 1.72. The number of H-pyrrole nitrogens is 1. The van der Waals surface area contributed by atoms with Crippen LogP contribution in [0.4, 0.5) is 0 Å². The number of aromatic nitrogens is 1. The quantitative estimate of drug-likeness (QED) is 0.845. The summed E-state index contributed by atoms with van der Waals surface area (Å²) < 4.78 is 10.7. The summed E-state index contributed by atoms with van der Waals surface area (Å²) in [4.78, 5) is 26.3. The first-order valence-corrected chi connectivity index (χ1v) is 6.50. The normalized spacial score (nSPS) is 22.5. The molecule has 104 valence electrons. The van der Waals surface area contributed by atoms with Gasteiger partial charge in [-0.3, -0.25) is 4.79 Å². The molecule has 1 aliphatic heterocycles. The third-order valence-corrected chi connectivity index (χ3v) is 3.29. The van der Waals surface area contributed by atoms with Gasteiger partial charge in [-0.2, -0.15) is 0 Å². The number of aryl methyl sites for hydroxylation is 2. The molecule has 0 bridgehead atoms. The monoisotopic (exact) mass is 265 g/mol. The molecular formula is C14H19NO4. The number of carbonyl (C=O) groups excluding carboxylic acids is 1. The van der Waals surface area contributed by atoms with Crippen LogP contribution >= 0.6 is 0 Å². The molecule has 1 N–H and O–H groups in total. The topological polar surface area (TPSA) is 68.4 Å². The molecule has 1 aromatic heterocycles. The summed E-state index contributed by atoms with van der Waals surface area (Å²) in [6.07, 6.45) is 2.03. The Kier molecular flexibility index (Phi) is 4.04. The fourth-order valence-corrected chi connectivity index (χ4v) is 2.36. The second-order valence-corrected chi connectivity index (χ2v) is 5.08. The Bertz CT molecular complexity index is 535. The van der Waals surface area contributed by atoms with E-state index in [1.165, 1.54) is 0 Å². The fourth-order valence-electron chi connectivity index (χ4n) is 2.36. The van der Waals surface area contributed by atoms with Crippen molar-refractivity contribution < 1.29 is 14.3 Å². The van der Waals surface area contributed by atoms with E-state index in [4.69, 9.17) is 9.47 Å². The lowest BCUT2D eigenvalue weighted by Gasteiger charge is -2.12. The maximum Gasteiger partial charge on any atom is 0.344 e. The van der Waals surface area contributed by atoms with Crippen molar-refractivity contribution in [3.8, 4) is 0 Å². The molecule has 1 fully saturated rings. The lowest BCUT2D eigenvalue weighted by atomic mass is 10.1. The first kappa shape index (κ1) is 13.8. The predicted molar refractivity (Wildman–Crippen MR) is 70.4 cm³/mol. The molecule has 2 atom stereocenters. The third-order valence-electron chi connectivity index (χ3n) is 3.29. The van der Waals surface area contributed by atoms with Crippen LogP contribution in [0.2, 0.25) is 0 Å². The van der Waals surface area contributed by atoms with Gasteiger partial charge in [0.2, 0.25) is 0 Å². The lowest BCUT2D eigenvalue weighted by molar-refractivity contribution is -0.00281. The van der Waals surface area contributed by atoms with E-state index in [1.54, 1.807) is 19.9 Å². The molecule has 0 aliphatic carbocycles. The molecule has 1 saturated heterocycles. The van der Waals surface area contributed by atoms with Gasteiger partial charge in [-0.15, -0.1) is 0 Å². The molecule has 0 spiro atoms. The van der Waals surface area contributed by atoms with Crippen LogP contribution in [0.3, 0.4) is 0 Å². The molecule has 0 amide bonds. The minimum absolute atomic E-state index is 0.0520. The van der Waals surface area contributed by atoms with Gasteiger partial charge in [0.25, 0.3) is 5.56 Å². The van der Waals surface area contributed by atoms with E-state index in [2.05, 4.69) is 4.98 Å². The molecule has 5 nitrogen and oxygen atoms in total. The summed E-state index contributed by atoms with van der Waals surface area (Å²) in [5, 5.41) is 0. The van der Waals surface area contributed by atoms with E-state index in [-0.39, 0.29) is 24.4 Å². The highest BCUT2D eigenvalue weighted by Crippen LogP contribution is 2.19. The third kappa shape index (κ3) is 3.23. The van der Waals surface area contributed by atoms with Crippen LogP contribution in [-0.4, -0.2) is 29.8 Å². The highest BCUT2D eigenvalue weighted by molar-refractivity contribution is 5.90. The number of esters is 1. The van der Waals surface area contributed by atoms with Crippen LogP contribution in [0.5, 0.6) is 0 Å². The summed E-state index contributed by atoms with van der Waals surface area (Å²) in [5.41, 5.74) is 1.04. The van der Waals surface area contributed by atoms with Gasteiger partial charge in [0.15, 0.2) is 0 Å². The minimum atomic E-state index is -0.582. The number of nitrogens with one attached hydrogen (secondary N) is 1. The van der Waals surface area contributed by atoms with E-state index < -0.39 is 11.5 Å². The average molecular weight is 265 g/mol. The van der Waals surface area contributed by atoms with Gasteiger partial charge in [-0.25, -0.2) is 4.79 Å². The largest absolute Gasteiger partial charge is 0.459 e. The van der Waals surface area contributed by atoms with E-state index >= 15 is 0 Å². The zero-order valence-corrected chi connectivity index (χ0v) is 11.5. The van der Waals surface area contributed by atoms with Gasteiger partial charge in [-0.05, 0) is 45.2 Å². The Hall–Kier alpha value is -1.62. The van der Waals surface area contributed by atoms with E-state index in [0.29, 0.717) is 5.56 Å². The summed E-state index contributed by atoms with van der Waals surface area (Å²) in [6.45, 7) is 5.71. The zero-order chi connectivity index (χ0) is 14.0. The molecule has 5 heteroatoms. The number of hydrogen-bond donors (Lipinski definition) is 1. The van der Waals surface area contributed by atoms with E-state index in [1.807, 2.05) is 6.92 Å². The van der Waals surface area contributed by atoms with Crippen molar-refractivity contribution in [3.63, 3.8) is 0 Å². The number of rotatable bonds is 3. The summed E-state index contributed by atoms with van der Waals surface area (Å²) in [6, 6.07) is 1.76. The maximum atomic E-state index is 11.9. The Balaban J connectivity index is 2.02. The second-order valence-electron chi connectivity index (χ2n) is 5.08. The SMILES string of the molecule is Cc1cc(C)c(C(=O)OC[C@@H]2CC[C@H](C)O2)c(=O)[nH]1. The smallest absolute Gasteiger partial charge is 0.344 e. The fraction of sp³-hybridized carbons (Fsp3) is 0.571. The number of ether oxygens (including phenoxy) is 2. The average Bonchev–Trinajstić information content (AvgIpc) is 2.71. The van der Waals surface area contributed by atoms with E-state index in [9.17, 15) is 9.59 Å². The first-order valence-electron chi connectivity index (χ1n) is 6.50. The standard InChI is InChI=1S/C14H19NO4/c1-8-6-9(2)15-13(16)12(8)14(17)18-7-11-5-4-10(3)19-11/h6,10-11H,4-5,7H2,1-3H3,(H,15,16)/t10-,11-/m0/s1. The number of pyridine rings is 1. The van der Waals surface area contributed by atoms with Gasteiger partial charge in [0.1, 0.15) is 12.2 Å². The van der Waals surface area contributed by atoms with Crippen molar-refractivity contribution in [2.24, 2.45) is 0 Å². The maximum absolute atomic E-state index is 11.9. The Morgan fingerprint density at radius 2 is 2.21 bits per heavy atom. The molecule has 2 rings (SSSR count). The molecule has 0 radical (unpaired) electrons. The summed E-state index contributed by atoms with van der Waals surface area (Å²) in [7, 11) is 0. The molecule has 1 aromatic rings. The van der Waals surface area contributed by atoms with Crippen molar-refractivity contribution in [3.05, 3.63) is 33.2 Å². The van der Waals surface area contributed by atoms with Crippen molar-refractivity contribution in [2.75, 3.05) is 6.61 Å². The van der Waals surface area contributed by atoms with Crippen molar-refractivity contribution in [1.29, 1.82) is 0 Å². The second kappa shape index (κ2) is 5.57.